The predicted octanol–water partition coefficient (Wildman–Crippen LogP) is 4.06. The number of nitrogens with zero attached hydrogens (tertiary/aromatic N) is 2. The van der Waals surface area contributed by atoms with Crippen molar-refractivity contribution in [2.45, 2.75) is 30.8 Å². The van der Waals surface area contributed by atoms with Crippen LogP contribution < -0.4 is 5.56 Å². The Labute approximate surface area is 152 Å². The van der Waals surface area contributed by atoms with Crippen LogP contribution in [-0.4, -0.2) is 20.6 Å². The Morgan fingerprint density at radius 3 is 2.62 bits per heavy atom. The molecule has 2 aromatic carbocycles. The van der Waals surface area contributed by atoms with Crippen molar-refractivity contribution in [3.63, 3.8) is 0 Å². The molecule has 4 nitrogen and oxygen atoms in total. The van der Waals surface area contributed by atoms with Crippen LogP contribution in [0, 0.1) is 11.6 Å². The Hall–Kier alpha value is -2.54. The predicted molar refractivity (Wildman–Crippen MR) is 97.7 cm³/mol. The van der Waals surface area contributed by atoms with Gasteiger partial charge in [0.2, 0.25) is 0 Å². The molecule has 0 fully saturated rings. The molecule has 0 spiro atoms. The van der Waals surface area contributed by atoms with Crippen molar-refractivity contribution in [2.24, 2.45) is 0 Å². The Bertz CT molecular complexity index is 1050. The van der Waals surface area contributed by atoms with Gasteiger partial charge in [0.1, 0.15) is 0 Å². The number of hydrogen-bond acceptors (Lipinski definition) is 4. The van der Waals surface area contributed by atoms with Gasteiger partial charge in [-0.3, -0.25) is 14.2 Å². The van der Waals surface area contributed by atoms with Gasteiger partial charge in [0.05, 0.1) is 16.2 Å². The molecule has 1 aromatic heterocycles. The van der Waals surface area contributed by atoms with Gasteiger partial charge in [0.25, 0.3) is 5.56 Å². The van der Waals surface area contributed by atoms with Gasteiger partial charge in [-0.1, -0.05) is 23.9 Å². The third-order valence-corrected chi connectivity index (χ3v) is 5.09. The molecule has 134 valence electrons. The maximum Gasteiger partial charge on any atom is 0.262 e. The number of para-hydroxylation sites is 1. The standard InChI is InChI=1S/C19H16F2N2O2S/c1-3-23-18(25)13-6-4-5-7-16(13)22-19(23)26-11(2)17(24)12-8-9-14(20)15(21)10-12/h4-11H,3H2,1-2H3/t11-/m1/s1. The van der Waals surface area contributed by atoms with Gasteiger partial charge in [0.15, 0.2) is 22.6 Å². The summed E-state index contributed by atoms with van der Waals surface area (Å²) in [5.74, 6) is -2.43. The summed E-state index contributed by atoms with van der Waals surface area (Å²) in [6, 6.07) is 10.1. The fraction of sp³-hybridized carbons (Fsp3) is 0.211. The number of ketones is 1. The average molecular weight is 374 g/mol. The lowest BCUT2D eigenvalue weighted by Crippen LogP contribution is -2.24. The number of carbonyl (C=O) groups excluding carboxylic acids is 1. The molecule has 7 heteroatoms. The second-order valence-electron chi connectivity index (χ2n) is 5.71. The zero-order valence-corrected chi connectivity index (χ0v) is 15.0. The summed E-state index contributed by atoms with van der Waals surface area (Å²) in [4.78, 5) is 29.6. The van der Waals surface area contributed by atoms with Crippen molar-refractivity contribution in [3.05, 3.63) is 70.0 Å². The van der Waals surface area contributed by atoms with E-state index in [1.807, 2.05) is 6.92 Å². The maximum absolute atomic E-state index is 13.4. The first-order chi connectivity index (χ1) is 12.4. The minimum absolute atomic E-state index is 0.0788. The molecule has 26 heavy (non-hydrogen) atoms. The Balaban J connectivity index is 1.96. The molecular formula is C19H16F2N2O2S. The van der Waals surface area contributed by atoms with E-state index in [9.17, 15) is 18.4 Å². The monoisotopic (exact) mass is 374 g/mol. The van der Waals surface area contributed by atoms with E-state index in [2.05, 4.69) is 4.98 Å². The Kier molecular flexibility index (Phi) is 5.18. The van der Waals surface area contributed by atoms with Crippen molar-refractivity contribution < 1.29 is 13.6 Å². The molecule has 0 N–H and O–H groups in total. The number of benzene rings is 2. The summed E-state index contributed by atoms with van der Waals surface area (Å²) in [5.41, 5.74) is 0.459. The van der Waals surface area contributed by atoms with Crippen LogP contribution >= 0.6 is 11.8 Å². The van der Waals surface area contributed by atoms with E-state index in [-0.39, 0.29) is 16.9 Å². The van der Waals surface area contributed by atoms with Gasteiger partial charge in [-0.2, -0.15) is 0 Å². The molecule has 0 saturated heterocycles. The normalized spacial score (nSPS) is 12.3. The van der Waals surface area contributed by atoms with Crippen molar-refractivity contribution >= 4 is 28.4 Å². The van der Waals surface area contributed by atoms with Crippen LogP contribution in [0.1, 0.15) is 24.2 Å². The molecule has 1 atom stereocenters. The first kappa shape index (κ1) is 18.3. The fourth-order valence-corrected chi connectivity index (χ4v) is 3.66. The van der Waals surface area contributed by atoms with Gasteiger partial charge in [-0.25, -0.2) is 13.8 Å². The molecule has 1 heterocycles. The lowest BCUT2D eigenvalue weighted by Gasteiger charge is -2.15. The van der Waals surface area contributed by atoms with Crippen LogP contribution in [0.25, 0.3) is 10.9 Å². The fourth-order valence-electron chi connectivity index (χ4n) is 2.61. The summed E-state index contributed by atoms with van der Waals surface area (Å²) in [7, 11) is 0. The molecular weight excluding hydrogens is 358 g/mol. The van der Waals surface area contributed by atoms with Crippen molar-refractivity contribution in [1.82, 2.24) is 9.55 Å². The first-order valence-electron chi connectivity index (χ1n) is 8.08. The number of thioether (sulfide) groups is 1. The van der Waals surface area contributed by atoms with Crippen molar-refractivity contribution in [2.75, 3.05) is 0 Å². The van der Waals surface area contributed by atoms with Gasteiger partial charge in [-0.15, -0.1) is 0 Å². The highest BCUT2D eigenvalue weighted by atomic mass is 32.2. The zero-order valence-electron chi connectivity index (χ0n) is 14.2. The topological polar surface area (TPSA) is 52.0 Å². The largest absolute Gasteiger partial charge is 0.293 e. The van der Waals surface area contributed by atoms with Gasteiger partial charge < -0.3 is 0 Å². The lowest BCUT2D eigenvalue weighted by atomic mass is 10.1. The summed E-state index contributed by atoms with van der Waals surface area (Å²) in [5, 5.41) is 0.309. The SMILES string of the molecule is CCn1c(S[C@H](C)C(=O)c2ccc(F)c(F)c2)nc2ccccc2c1=O. The molecule has 0 aliphatic rings. The molecule has 0 radical (unpaired) electrons. The number of fused-ring (bicyclic) bond motifs is 1. The van der Waals surface area contributed by atoms with E-state index in [0.29, 0.717) is 22.6 Å². The molecule has 0 aliphatic carbocycles. The molecule has 3 aromatic rings. The summed E-state index contributed by atoms with van der Waals surface area (Å²) in [6.07, 6.45) is 0. The van der Waals surface area contributed by atoms with Gasteiger partial charge >= 0.3 is 0 Å². The number of aromatic nitrogens is 2. The van der Waals surface area contributed by atoms with Crippen LogP contribution in [0.3, 0.4) is 0 Å². The molecule has 0 aliphatic heterocycles. The highest BCUT2D eigenvalue weighted by Crippen LogP contribution is 2.25. The van der Waals surface area contributed by atoms with Crippen molar-refractivity contribution in [1.29, 1.82) is 0 Å². The summed E-state index contributed by atoms with van der Waals surface area (Å²) >= 11 is 1.12. The smallest absolute Gasteiger partial charge is 0.262 e. The molecule has 0 amide bonds. The summed E-state index contributed by atoms with van der Waals surface area (Å²) in [6.45, 7) is 3.88. The van der Waals surface area contributed by atoms with Crippen LogP contribution in [-0.2, 0) is 6.54 Å². The Morgan fingerprint density at radius 2 is 1.92 bits per heavy atom. The third kappa shape index (κ3) is 3.39. The third-order valence-electron chi connectivity index (χ3n) is 4.00. The van der Waals surface area contributed by atoms with Crippen LogP contribution in [0.15, 0.2) is 52.4 Å². The maximum atomic E-state index is 13.4. The minimum atomic E-state index is -1.07. The summed E-state index contributed by atoms with van der Waals surface area (Å²) < 4.78 is 27.9. The van der Waals surface area contributed by atoms with Crippen molar-refractivity contribution in [3.8, 4) is 0 Å². The molecule has 0 bridgehead atoms. The van der Waals surface area contributed by atoms with Crippen LogP contribution in [0.2, 0.25) is 0 Å². The van der Waals surface area contributed by atoms with E-state index >= 15 is 0 Å². The minimum Gasteiger partial charge on any atom is -0.293 e. The zero-order chi connectivity index (χ0) is 18.8. The van der Waals surface area contributed by atoms with E-state index in [0.717, 1.165) is 23.9 Å². The molecule has 0 unspecified atom stereocenters. The van der Waals surface area contributed by atoms with E-state index < -0.39 is 16.9 Å². The van der Waals surface area contributed by atoms with E-state index in [4.69, 9.17) is 0 Å². The number of carbonyl (C=O) groups is 1. The molecule has 0 saturated carbocycles. The van der Waals surface area contributed by atoms with Crippen LogP contribution in [0.5, 0.6) is 0 Å². The number of Topliss-reactive ketones (excluding diaryl/α,β-unsaturated/α-hetero) is 1. The van der Waals surface area contributed by atoms with Crippen LogP contribution in [0.4, 0.5) is 8.78 Å². The second kappa shape index (κ2) is 7.37. The average Bonchev–Trinajstić information content (AvgIpc) is 2.63. The first-order valence-corrected chi connectivity index (χ1v) is 8.95. The number of halogens is 2. The highest BCUT2D eigenvalue weighted by molar-refractivity contribution is 8.00. The second-order valence-corrected chi connectivity index (χ2v) is 7.02. The quantitative estimate of drug-likeness (QED) is 0.384. The number of rotatable bonds is 5. The Morgan fingerprint density at radius 1 is 1.19 bits per heavy atom. The molecule has 3 rings (SSSR count). The highest BCUT2D eigenvalue weighted by Gasteiger charge is 2.21. The van der Waals surface area contributed by atoms with Gasteiger partial charge in [0, 0.05) is 12.1 Å². The van der Waals surface area contributed by atoms with E-state index in [1.54, 1.807) is 31.2 Å². The number of hydrogen-bond donors (Lipinski definition) is 0. The lowest BCUT2D eigenvalue weighted by molar-refractivity contribution is 0.0993. The van der Waals surface area contributed by atoms with E-state index in [1.165, 1.54) is 10.6 Å². The van der Waals surface area contributed by atoms with Gasteiger partial charge in [-0.05, 0) is 44.2 Å².